The summed E-state index contributed by atoms with van der Waals surface area (Å²) in [7, 11) is 1.54. The lowest BCUT2D eigenvalue weighted by Gasteiger charge is -2.16. The van der Waals surface area contributed by atoms with Gasteiger partial charge in [0.2, 0.25) is 0 Å². The maximum Gasteiger partial charge on any atom is 0.296 e. The molecule has 2 aromatic carbocycles. The number of rotatable bonds is 9. The van der Waals surface area contributed by atoms with Crippen LogP contribution < -0.4 is 14.2 Å². The van der Waals surface area contributed by atoms with Crippen molar-refractivity contribution in [1.82, 2.24) is 4.90 Å². The lowest BCUT2D eigenvalue weighted by molar-refractivity contribution is -0.138. The van der Waals surface area contributed by atoms with Crippen LogP contribution in [0.15, 0.2) is 48.2 Å². The zero-order valence-electron chi connectivity index (χ0n) is 17.3. The number of hydrogen-bond donors (Lipinski definition) is 1. The van der Waals surface area contributed by atoms with E-state index in [-0.39, 0.29) is 12.1 Å². The number of aliphatic hydroxyl groups excluding tert-OH is 1. The van der Waals surface area contributed by atoms with Gasteiger partial charge in [-0.1, -0.05) is 18.2 Å². The highest BCUT2D eigenvalue weighted by Crippen LogP contribution is 2.31. The summed E-state index contributed by atoms with van der Waals surface area (Å²) >= 11 is 0. The van der Waals surface area contributed by atoms with Crippen LogP contribution in [-0.2, 0) is 16.0 Å². The van der Waals surface area contributed by atoms with E-state index in [1.165, 1.54) is 7.11 Å². The Bertz CT molecular complexity index is 964. The largest absolute Gasteiger partial charge is 0.502 e. The Hall–Kier alpha value is -3.48. The van der Waals surface area contributed by atoms with Crippen LogP contribution in [0.1, 0.15) is 25.0 Å². The second kappa shape index (κ2) is 9.35. The summed E-state index contributed by atoms with van der Waals surface area (Å²) in [5, 5.41) is 10.3. The number of amides is 2. The van der Waals surface area contributed by atoms with Crippen LogP contribution in [0, 0.1) is 0 Å². The molecule has 2 aromatic rings. The Labute approximate surface area is 175 Å². The van der Waals surface area contributed by atoms with Gasteiger partial charge in [0.05, 0.1) is 25.9 Å². The predicted molar refractivity (Wildman–Crippen MR) is 112 cm³/mol. The van der Waals surface area contributed by atoms with Gasteiger partial charge in [-0.2, -0.15) is 0 Å². The van der Waals surface area contributed by atoms with Gasteiger partial charge in [0.25, 0.3) is 11.8 Å². The molecule has 0 atom stereocenters. The van der Waals surface area contributed by atoms with Crippen molar-refractivity contribution in [2.75, 3.05) is 26.9 Å². The number of benzene rings is 2. The van der Waals surface area contributed by atoms with Crippen molar-refractivity contribution in [1.29, 1.82) is 0 Å². The topological polar surface area (TPSA) is 85.3 Å². The van der Waals surface area contributed by atoms with Crippen LogP contribution in [0.5, 0.6) is 17.2 Å². The lowest BCUT2D eigenvalue weighted by atomic mass is 10.1. The first-order chi connectivity index (χ1) is 14.5. The minimum atomic E-state index is -0.693. The van der Waals surface area contributed by atoms with E-state index in [0.29, 0.717) is 42.4 Å². The highest BCUT2D eigenvalue weighted by atomic mass is 16.5. The molecule has 7 nitrogen and oxygen atoms in total. The van der Waals surface area contributed by atoms with Crippen LogP contribution >= 0.6 is 0 Å². The minimum absolute atomic E-state index is 0.00403. The lowest BCUT2D eigenvalue weighted by Crippen LogP contribution is -2.33. The molecule has 30 heavy (non-hydrogen) atoms. The third kappa shape index (κ3) is 4.25. The molecule has 2 amide bonds. The van der Waals surface area contributed by atoms with E-state index in [9.17, 15) is 14.7 Å². The van der Waals surface area contributed by atoms with Crippen LogP contribution in [0.2, 0.25) is 0 Å². The van der Waals surface area contributed by atoms with Crippen molar-refractivity contribution in [3.63, 3.8) is 0 Å². The standard InChI is InChI=1S/C23H25NO6/c1-4-29-18-11-6-15(14-19(18)30-5-2)12-13-24-22(26)20(21(25)23(24)27)16-7-9-17(28-3)10-8-16/h6-11,14,25H,4-5,12-13H2,1-3H3. The number of carbonyl (C=O) groups excluding carboxylic acids is 2. The average Bonchev–Trinajstić information content (AvgIpc) is 2.97. The van der Waals surface area contributed by atoms with E-state index in [2.05, 4.69) is 0 Å². The first-order valence-electron chi connectivity index (χ1n) is 9.82. The summed E-state index contributed by atoms with van der Waals surface area (Å²) in [5.41, 5.74) is 1.36. The zero-order valence-corrected chi connectivity index (χ0v) is 17.3. The summed E-state index contributed by atoms with van der Waals surface area (Å²) in [6.45, 7) is 4.94. The van der Waals surface area contributed by atoms with Crippen molar-refractivity contribution in [3.8, 4) is 17.2 Å². The van der Waals surface area contributed by atoms with Crippen LogP contribution in [0.3, 0.4) is 0 Å². The summed E-state index contributed by atoms with van der Waals surface area (Å²) in [4.78, 5) is 26.4. The quantitative estimate of drug-likeness (QED) is 0.637. The van der Waals surface area contributed by atoms with E-state index in [1.807, 2.05) is 32.0 Å². The van der Waals surface area contributed by atoms with Crippen molar-refractivity contribution in [3.05, 3.63) is 59.4 Å². The first-order valence-corrected chi connectivity index (χ1v) is 9.82. The Morgan fingerprint density at radius 3 is 2.20 bits per heavy atom. The fourth-order valence-electron chi connectivity index (χ4n) is 3.28. The molecule has 0 aliphatic carbocycles. The van der Waals surface area contributed by atoms with Crippen molar-refractivity contribution in [2.45, 2.75) is 20.3 Å². The van der Waals surface area contributed by atoms with Crippen molar-refractivity contribution in [2.24, 2.45) is 0 Å². The molecule has 0 unspecified atom stereocenters. The molecular formula is C23H25NO6. The van der Waals surface area contributed by atoms with Crippen molar-refractivity contribution < 1.29 is 28.9 Å². The van der Waals surface area contributed by atoms with Gasteiger partial charge in [-0.05, 0) is 55.7 Å². The summed E-state index contributed by atoms with van der Waals surface area (Å²) in [5.74, 6) is 0.147. The number of ether oxygens (including phenoxy) is 3. The second-order valence-corrected chi connectivity index (χ2v) is 6.61. The molecule has 0 saturated heterocycles. The van der Waals surface area contributed by atoms with Gasteiger partial charge in [0.1, 0.15) is 5.75 Å². The SMILES string of the molecule is CCOc1ccc(CCN2C(=O)C(O)=C(c3ccc(OC)cc3)C2=O)cc1OCC. The van der Waals surface area contributed by atoms with Gasteiger partial charge in [-0.3, -0.25) is 14.5 Å². The third-order valence-electron chi connectivity index (χ3n) is 4.75. The highest BCUT2D eigenvalue weighted by Gasteiger charge is 2.38. The molecule has 1 heterocycles. The monoisotopic (exact) mass is 411 g/mol. The van der Waals surface area contributed by atoms with Crippen molar-refractivity contribution >= 4 is 17.4 Å². The fraction of sp³-hybridized carbons (Fsp3) is 0.304. The van der Waals surface area contributed by atoms with Gasteiger partial charge in [0.15, 0.2) is 17.3 Å². The number of carbonyl (C=O) groups is 2. The normalized spacial score (nSPS) is 13.8. The summed E-state index contributed by atoms with van der Waals surface area (Å²) in [6, 6.07) is 12.2. The fourth-order valence-corrected chi connectivity index (χ4v) is 3.28. The molecule has 0 aromatic heterocycles. The molecule has 158 valence electrons. The second-order valence-electron chi connectivity index (χ2n) is 6.61. The molecule has 1 aliphatic rings. The number of aliphatic hydroxyl groups is 1. The maximum absolute atomic E-state index is 12.8. The van der Waals surface area contributed by atoms with E-state index in [0.717, 1.165) is 10.5 Å². The molecule has 0 saturated carbocycles. The van der Waals surface area contributed by atoms with Gasteiger partial charge >= 0.3 is 0 Å². The molecular weight excluding hydrogens is 386 g/mol. The Morgan fingerprint density at radius 2 is 1.57 bits per heavy atom. The summed E-state index contributed by atoms with van der Waals surface area (Å²) < 4.78 is 16.3. The van der Waals surface area contributed by atoms with Gasteiger partial charge in [-0.15, -0.1) is 0 Å². The molecule has 0 spiro atoms. The van der Waals surface area contributed by atoms with Gasteiger partial charge in [-0.25, -0.2) is 0 Å². The van der Waals surface area contributed by atoms with E-state index in [4.69, 9.17) is 14.2 Å². The third-order valence-corrected chi connectivity index (χ3v) is 4.75. The Morgan fingerprint density at radius 1 is 0.900 bits per heavy atom. The number of hydrogen-bond acceptors (Lipinski definition) is 6. The number of methoxy groups -OCH3 is 1. The maximum atomic E-state index is 12.8. The summed E-state index contributed by atoms with van der Waals surface area (Å²) in [6.07, 6.45) is 0.424. The molecule has 0 radical (unpaired) electrons. The smallest absolute Gasteiger partial charge is 0.296 e. The van der Waals surface area contributed by atoms with Crippen LogP contribution in [0.4, 0.5) is 0 Å². The molecule has 3 rings (SSSR count). The molecule has 1 aliphatic heterocycles. The van der Waals surface area contributed by atoms with Gasteiger partial charge in [0, 0.05) is 6.54 Å². The van der Waals surface area contributed by atoms with E-state index < -0.39 is 17.6 Å². The Kier molecular flexibility index (Phi) is 6.61. The Balaban J connectivity index is 1.74. The van der Waals surface area contributed by atoms with Gasteiger partial charge < -0.3 is 19.3 Å². The first kappa shape index (κ1) is 21.2. The van der Waals surface area contributed by atoms with E-state index in [1.54, 1.807) is 24.3 Å². The average molecular weight is 411 g/mol. The molecule has 0 fully saturated rings. The zero-order chi connectivity index (χ0) is 21.7. The van der Waals surface area contributed by atoms with E-state index >= 15 is 0 Å². The minimum Gasteiger partial charge on any atom is -0.502 e. The number of nitrogens with zero attached hydrogens (tertiary/aromatic N) is 1. The predicted octanol–water partition coefficient (Wildman–Crippen LogP) is 3.37. The van der Waals surface area contributed by atoms with Crippen LogP contribution in [-0.4, -0.2) is 48.7 Å². The molecule has 0 bridgehead atoms. The molecule has 1 N–H and O–H groups in total. The molecule has 7 heteroatoms. The number of imide groups is 1. The van der Waals surface area contributed by atoms with Crippen LogP contribution in [0.25, 0.3) is 5.57 Å². The highest BCUT2D eigenvalue weighted by molar-refractivity contribution is 6.34.